The Morgan fingerprint density at radius 1 is 1.59 bits per heavy atom. The van der Waals surface area contributed by atoms with Crippen LogP contribution in [-0.4, -0.2) is 9.97 Å². The Kier molecular flexibility index (Phi) is 2.52. The highest BCUT2D eigenvalue weighted by atomic mass is 32.1. The lowest BCUT2D eigenvalue weighted by Crippen LogP contribution is -2.16. The van der Waals surface area contributed by atoms with Crippen LogP contribution in [0.3, 0.4) is 0 Å². The summed E-state index contributed by atoms with van der Waals surface area (Å²) < 4.78 is 0. The van der Waals surface area contributed by atoms with Gasteiger partial charge in [0.25, 0.3) is 5.56 Å². The van der Waals surface area contributed by atoms with Crippen molar-refractivity contribution in [3.05, 3.63) is 26.6 Å². The van der Waals surface area contributed by atoms with E-state index in [9.17, 15) is 4.79 Å². The molecule has 1 aliphatic rings. The van der Waals surface area contributed by atoms with E-state index in [0.717, 1.165) is 29.5 Å². The van der Waals surface area contributed by atoms with Crippen LogP contribution < -0.4 is 11.3 Å². The average Bonchev–Trinajstić information content (AvgIpc) is 2.66. The van der Waals surface area contributed by atoms with Gasteiger partial charge in [-0.2, -0.15) is 0 Å². The predicted molar refractivity (Wildman–Crippen MR) is 69.3 cm³/mol. The maximum Gasteiger partial charge on any atom is 0.259 e. The minimum atomic E-state index is -0.0255. The first-order chi connectivity index (χ1) is 8.19. The fourth-order valence-electron chi connectivity index (χ4n) is 2.49. The minimum absolute atomic E-state index is 0.0255. The normalized spacial score (nSPS) is 19.5. The topological polar surface area (TPSA) is 71.8 Å². The molecule has 2 heterocycles. The summed E-state index contributed by atoms with van der Waals surface area (Å²) in [5, 5.41) is 0.800. The van der Waals surface area contributed by atoms with E-state index in [1.807, 2.05) is 0 Å². The number of nitrogens with zero attached hydrogens (tertiary/aromatic N) is 1. The summed E-state index contributed by atoms with van der Waals surface area (Å²) in [6.45, 7) is 2.54. The van der Waals surface area contributed by atoms with Crippen LogP contribution in [0.25, 0.3) is 10.2 Å². The number of aromatic amines is 1. The second-order valence-electron chi connectivity index (χ2n) is 4.75. The van der Waals surface area contributed by atoms with Gasteiger partial charge in [0.05, 0.1) is 11.9 Å². The van der Waals surface area contributed by atoms with Crippen molar-refractivity contribution in [2.24, 2.45) is 11.7 Å². The summed E-state index contributed by atoms with van der Waals surface area (Å²) in [7, 11) is 0. The number of fused-ring (bicyclic) bond motifs is 3. The Bertz CT molecular complexity index is 628. The van der Waals surface area contributed by atoms with Crippen LogP contribution in [0, 0.1) is 5.92 Å². The summed E-state index contributed by atoms with van der Waals surface area (Å²) in [4.78, 5) is 21.4. The number of nitrogens with two attached hydrogens (primary N) is 1. The van der Waals surface area contributed by atoms with Crippen molar-refractivity contribution < 1.29 is 0 Å². The smallest absolute Gasteiger partial charge is 0.259 e. The van der Waals surface area contributed by atoms with Crippen LogP contribution in [0.2, 0.25) is 0 Å². The Morgan fingerprint density at radius 3 is 3.18 bits per heavy atom. The highest BCUT2D eigenvalue weighted by molar-refractivity contribution is 7.18. The van der Waals surface area contributed by atoms with Gasteiger partial charge in [0.15, 0.2) is 0 Å². The quantitative estimate of drug-likeness (QED) is 0.805. The van der Waals surface area contributed by atoms with E-state index in [-0.39, 0.29) is 12.1 Å². The molecular weight excluding hydrogens is 234 g/mol. The summed E-state index contributed by atoms with van der Waals surface area (Å²) in [6.07, 6.45) is 3.24. The number of aryl methyl sites for hydroxylation is 1. The summed E-state index contributed by atoms with van der Waals surface area (Å²) in [5.41, 5.74) is 6.72. The SMILES string of the molecule is CC1CCc2c(sc3nc(CN)[nH]c(=O)c23)C1. The lowest BCUT2D eigenvalue weighted by Gasteiger charge is -2.17. The summed E-state index contributed by atoms with van der Waals surface area (Å²) in [6, 6.07) is 0. The van der Waals surface area contributed by atoms with Gasteiger partial charge in [-0.25, -0.2) is 4.98 Å². The summed E-state index contributed by atoms with van der Waals surface area (Å²) in [5.74, 6) is 1.29. The first-order valence-corrected chi connectivity index (χ1v) is 6.74. The molecule has 4 nitrogen and oxygen atoms in total. The highest BCUT2D eigenvalue weighted by Gasteiger charge is 2.22. The molecule has 0 saturated heterocycles. The fourth-order valence-corrected chi connectivity index (χ4v) is 3.89. The largest absolute Gasteiger partial charge is 0.324 e. The van der Waals surface area contributed by atoms with E-state index >= 15 is 0 Å². The molecule has 17 heavy (non-hydrogen) atoms. The Morgan fingerprint density at radius 2 is 2.41 bits per heavy atom. The predicted octanol–water partition coefficient (Wildman–Crippen LogP) is 1.57. The molecule has 1 unspecified atom stereocenters. The van der Waals surface area contributed by atoms with Gasteiger partial charge in [0.1, 0.15) is 10.7 Å². The average molecular weight is 249 g/mol. The van der Waals surface area contributed by atoms with E-state index in [1.54, 1.807) is 11.3 Å². The van der Waals surface area contributed by atoms with E-state index in [2.05, 4.69) is 16.9 Å². The number of thiophene rings is 1. The number of hydrogen-bond acceptors (Lipinski definition) is 4. The molecule has 0 fully saturated rings. The van der Waals surface area contributed by atoms with Crippen molar-refractivity contribution in [3.63, 3.8) is 0 Å². The van der Waals surface area contributed by atoms with Gasteiger partial charge in [-0.3, -0.25) is 4.79 Å². The molecule has 0 radical (unpaired) electrons. The van der Waals surface area contributed by atoms with E-state index in [0.29, 0.717) is 11.7 Å². The van der Waals surface area contributed by atoms with Gasteiger partial charge < -0.3 is 10.7 Å². The van der Waals surface area contributed by atoms with E-state index in [4.69, 9.17) is 5.73 Å². The number of nitrogens with one attached hydrogen (secondary N) is 1. The van der Waals surface area contributed by atoms with Crippen LogP contribution in [-0.2, 0) is 19.4 Å². The molecule has 2 aromatic rings. The van der Waals surface area contributed by atoms with Crippen molar-refractivity contribution in [1.29, 1.82) is 0 Å². The third-order valence-corrected chi connectivity index (χ3v) is 4.56. The minimum Gasteiger partial charge on any atom is -0.324 e. The molecule has 3 rings (SSSR count). The lowest BCUT2D eigenvalue weighted by atomic mass is 9.89. The first-order valence-electron chi connectivity index (χ1n) is 5.92. The number of rotatable bonds is 1. The number of aromatic nitrogens is 2. The van der Waals surface area contributed by atoms with Crippen LogP contribution >= 0.6 is 11.3 Å². The molecule has 0 bridgehead atoms. The van der Waals surface area contributed by atoms with E-state index in [1.165, 1.54) is 10.4 Å². The molecule has 1 aliphatic carbocycles. The zero-order valence-corrected chi connectivity index (χ0v) is 10.6. The van der Waals surface area contributed by atoms with Crippen LogP contribution in [0.1, 0.15) is 29.6 Å². The molecule has 0 aliphatic heterocycles. The second-order valence-corrected chi connectivity index (χ2v) is 5.83. The van der Waals surface area contributed by atoms with Gasteiger partial charge >= 0.3 is 0 Å². The van der Waals surface area contributed by atoms with Crippen molar-refractivity contribution >= 4 is 21.6 Å². The monoisotopic (exact) mass is 249 g/mol. The van der Waals surface area contributed by atoms with Gasteiger partial charge in [0.2, 0.25) is 0 Å². The molecule has 3 N–H and O–H groups in total. The molecule has 5 heteroatoms. The highest BCUT2D eigenvalue weighted by Crippen LogP contribution is 2.35. The van der Waals surface area contributed by atoms with Crippen molar-refractivity contribution in [2.75, 3.05) is 0 Å². The molecule has 0 aromatic carbocycles. The third-order valence-electron chi connectivity index (χ3n) is 3.41. The molecule has 1 atom stereocenters. The van der Waals surface area contributed by atoms with Crippen molar-refractivity contribution in [1.82, 2.24) is 9.97 Å². The summed E-state index contributed by atoms with van der Waals surface area (Å²) >= 11 is 1.66. The maximum absolute atomic E-state index is 12.0. The van der Waals surface area contributed by atoms with Crippen molar-refractivity contribution in [2.45, 2.75) is 32.7 Å². The zero-order valence-electron chi connectivity index (χ0n) is 9.75. The Labute approximate surface area is 103 Å². The van der Waals surface area contributed by atoms with Gasteiger partial charge in [-0.15, -0.1) is 11.3 Å². The molecule has 0 saturated carbocycles. The van der Waals surface area contributed by atoms with Gasteiger partial charge in [-0.05, 0) is 30.7 Å². The number of hydrogen-bond donors (Lipinski definition) is 2. The zero-order chi connectivity index (χ0) is 12.0. The second kappa shape index (κ2) is 3.92. The van der Waals surface area contributed by atoms with Crippen LogP contribution in [0.5, 0.6) is 0 Å². The molecule has 2 aromatic heterocycles. The molecule has 0 amide bonds. The maximum atomic E-state index is 12.0. The lowest BCUT2D eigenvalue weighted by molar-refractivity contribution is 0.509. The fraction of sp³-hybridized carbons (Fsp3) is 0.500. The third kappa shape index (κ3) is 1.70. The Hall–Kier alpha value is -1.20. The first kappa shape index (κ1) is 10.9. The molecular formula is C12H15N3OS. The Balaban J connectivity index is 2.28. The standard InChI is InChI=1S/C12H15N3OS/c1-6-2-3-7-8(4-6)17-12-10(7)11(16)14-9(5-13)15-12/h6H,2-5,13H2,1H3,(H,14,15,16). The van der Waals surface area contributed by atoms with E-state index < -0.39 is 0 Å². The van der Waals surface area contributed by atoms with Crippen molar-refractivity contribution in [3.8, 4) is 0 Å². The van der Waals surface area contributed by atoms with Crippen LogP contribution in [0.4, 0.5) is 0 Å². The molecule has 0 spiro atoms. The number of H-pyrrole nitrogens is 1. The van der Waals surface area contributed by atoms with Gasteiger partial charge in [-0.1, -0.05) is 6.92 Å². The molecule has 90 valence electrons. The van der Waals surface area contributed by atoms with Crippen LogP contribution in [0.15, 0.2) is 4.79 Å². The van der Waals surface area contributed by atoms with Gasteiger partial charge in [0, 0.05) is 4.88 Å².